The van der Waals surface area contributed by atoms with E-state index in [-0.39, 0.29) is 4.90 Å². The van der Waals surface area contributed by atoms with E-state index < -0.39 is 31.7 Å². The molecule has 0 aliphatic heterocycles. The molecule has 0 unspecified atom stereocenters. The number of rotatable bonds is 4. The van der Waals surface area contributed by atoms with Crippen molar-refractivity contribution in [3.8, 4) is 0 Å². The van der Waals surface area contributed by atoms with Gasteiger partial charge in [0.2, 0.25) is 3.57 Å². The third kappa shape index (κ3) is 4.02. The zero-order valence-electron chi connectivity index (χ0n) is 10.6. The highest BCUT2D eigenvalue weighted by Crippen LogP contribution is 2.10. The van der Waals surface area contributed by atoms with Gasteiger partial charge in [0.25, 0.3) is 0 Å². The fraction of sp³-hybridized carbons (Fsp3) is 0.143. The largest absolute Gasteiger partial charge is 0.540 e. The predicted molar refractivity (Wildman–Crippen MR) is 69.3 cm³/mol. The van der Waals surface area contributed by atoms with E-state index in [2.05, 4.69) is 0 Å². The summed E-state index contributed by atoms with van der Waals surface area (Å²) in [7, 11) is -3.64. The second kappa shape index (κ2) is 6.02. The summed E-state index contributed by atoms with van der Waals surface area (Å²) in [6.07, 6.45) is 0. The number of halogens is 1. The van der Waals surface area contributed by atoms with E-state index in [0.717, 1.165) is 14.7 Å². The molecule has 2 aromatic rings. The molecule has 2 aromatic carbocycles. The lowest BCUT2D eigenvalue weighted by atomic mass is 10.2. The minimum Gasteiger partial charge on any atom is -0.190 e. The summed E-state index contributed by atoms with van der Waals surface area (Å²) < 4.78 is 30.1. The van der Waals surface area contributed by atoms with Crippen LogP contribution in [0.15, 0.2) is 53.4 Å². The molecule has 3 nitrogen and oxygen atoms in total. The Morgan fingerprint density at radius 2 is 1.63 bits per heavy atom. The van der Waals surface area contributed by atoms with Gasteiger partial charge in [0.05, 0.1) is 4.90 Å². The Bertz CT molecular complexity index is 663. The molecule has 0 aliphatic rings. The van der Waals surface area contributed by atoms with Crippen molar-refractivity contribution in [1.82, 2.24) is 0 Å². The van der Waals surface area contributed by atoms with Crippen LogP contribution in [0.1, 0.15) is 11.1 Å². The van der Waals surface area contributed by atoms with Crippen LogP contribution in [-0.2, 0) is 12.6 Å². The van der Waals surface area contributed by atoms with Crippen LogP contribution in [0.2, 0.25) is 0 Å². The van der Waals surface area contributed by atoms with Gasteiger partial charge < -0.3 is 0 Å². The van der Waals surface area contributed by atoms with Gasteiger partial charge in [0.1, 0.15) is 0 Å². The molecule has 2 rings (SSSR count). The van der Waals surface area contributed by atoms with Crippen LogP contribution >= 0.6 is 0 Å². The normalized spacial score (nSPS) is 11.5. The summed E-state index contributed by atoms with van der Waals surface area (Å²) >= 11 is -1.00. The summed E-state index contributed by atoms with van der Waals surface area (Å²) in [5, 5.41) is 0. The van der Waals surface area contributed by atoms with Crippen molar-refractivity contribution in [1.29, 1.82) is 0 Å². The molecule has 0 saturated carbocycles. The van der Waals surface area contributed by atoms with Crippen molar-refractivity contribution >= 4 is 10.1 Å². The summed E-state index contributed by atoms with van der Waals surface area (Å²) in [6, 6.07) is 14.4. The van der Waals surface area contributed by atoms with Crippen LogP contribution in [0.5, 0.6) is 0 Å². The summed E-state index contributed by atoms with van der Waals surface area (Å²) in [6.45, 7) is 3.89. The smallest absolute Gasteiger partial charge is 0.190 e. The second-order valence-electron chi connectivity index (χ2n) is 4.21. The first-order valence-electron chi connectivity index (χ1n) is 5.69. The van der Waals surface area contributed by atoms with E-state index in [4.69, 9.17) is 2.51 Å². The fourth-order valence-electron chi connectivity index (χ4n) is 1.47. The monoisotopic (exact) mass is 389 g/mol. The molecule has 0 fully saturated rings. The van der Waals surface area contributed by atoms with E-state index in [9.17, 15) is 8.42 Å². The molecule has 0 radical (unpaired) electrons. The van der Waals surface area contributed by atoms with Gasteiger partial charge in [-0.25, -0.2) is 0 Å². The second-order valence-corrected chi connectivity index (χ2v) is 8.48. The highest BCUT2D eigenvalue weighted by molar-refractivity contribution is 7.86. The number of benzene rings is 2. The molecule has 19 heavy (non-hydrogen) atoms. The minimum absolute atomic E-state index is 0.213. The van der Waals surface area contributed by atoms with Gasteiger partial charge in [-0.3, -0.25) is 0 Å². The van der Waals surface area contributed by atoms with Crippen molar-refractivity contribution in [2.24, 2.45) is 0 Å². The third-order valence-electron chi connectivity index (χ3n) is 2.49. The molecule has 0 spiro atoms. The van der Waals surface area contributed by atoms with Crippen molar-refractivity contribution in [3.05, 3.63) is 63.2 Å². The summed E-state index contributed by atoms with van der Waals surface area (Å²) in [5.74, 6) is 0. The Kier molecular flexibility index (Phi) is 4.59. The highest BCUT2D eigenvalue weighted by atomic mass is 127. The quantitative estimate of drug-likeness (QED) is 0.686. The molecule has 0 amide bonds. The Morgan fingerprint density at radius 3 is 2.26 bits per heavy atom. The van der Waals surface area contributed by atoms with Crippen molar-refractivity contribution < 1.29 is 32.6 Å². The predicted octanol–water partition coefficient (Wildman–Crippen LogP) is -0.117. The van der Waals surface area contributed by atoms with E-state index in [1.165, 1.54) is 0 Å². The van der Waals surface area contributed by atoms with E-state index >= 15 is 0 Å². The average Bonchev–Trinajstić information content (AvgIpc) is 2.37. The number of hydrogen-bond acceptors (Lipinski definition) is 3. The zero-order chi connectivity index (χ0) is 13.9. The van der Waals surface area contributed by atoms with Crippen LogP contribution in [0.3, 0.4) is 0 Å². The molecule has 0 aromatic heterocycles. The maximum Gasteiger partial charge on any atom is 0.540 e. The molecule has 0 saturated heterocycles. The summed E-state index contributed by atoms with van der Waals surface area (Å²) in [4.78, 5) is 0.213. The third-order valence-corrected chi connectivity index (χ3v) is 6.71. The van der Waals surface area contributed by atoms with Crippen LogP contribution in [-0.4, -0.2) is 8.42 Å². The molecule has 0 heterocycles. The van der Waals surface area contributed by atoms with Gasteiger partial charge in [-0.15, -0.1) is 0 Å². The molecule has 0 bridgehead atoms. The molecule has 0 atom stereocenters. The van der Waals surface area contributed by atoms with E-state index in [0.29, 0.717) is 0 Å². The molecular weight excluding hydrogens is 375 g/mol. The Morgan fingerprint density at radius 1 is 0.947 bits per heavy atom. The molecule has 0 aliphatic carbocycles. The average molecular weight is 389 g/mol. The molecule has 0 N–H and O–H groups in total. The van der Waals surface area contributed by atoms with Crippen LogP contribution in [0, 0.1) is 17.4 Å². The van der Waals surface area contributed by atoms with Gasteiger partial charge in [0.15, 0.2) is 0 Å². The van der Waals surface area contributed by atoms with Crippen LogP contribution < -0.4 is 21.6 Å². The van der Waals surface area contributed by atoms with Crippen molar-refractivity contribution in [3.63, 3.8) is 0 Å². The van der Waals surface area contributed by atoms with Gasteiger partial charge in [-0.1, -0.05) is 29.8 Å². The maximum absolute atomic E-state index is 12.0. The lowest BCUT2D eigenvalue weighted by molar-refractivity contribution is -0.837. The van der Waals surface area contributed by atoms with Crippen molar-refractivity contribution in [2.75, 3.05) is 0 Å². The fourth-order valence-corrected chi connectivity index (χ4v) is 5.10. The van der Waals surface area contributed by atoms with Gasteiger partial charge in [-0.2, -0.15) is 8.42 Å². The number of hydrogen-bond donors (Lipinski definition) is 0. The van der Waals surface area contributed by atoms with E-state index in [1.54, 1.807) is 24.3 Å². The first-order valence-corrected chi connectivity index (χ1v) is 9.06. The highest BCUT2D eigenvalue weighted by Gasteiger charge is 2.27. The first kappa shape index (κ1) is 14.5. The Labute approximate surface area is 124 Å². The SMILES string of the molecule is Cc1ccc(S(=O)(=O)O[I+]c2cccc(C)c2)cc1. The van der Waals surface area contributed by atoms with Gasteiger partial charge in [0, 0.05) is 0 Å². The standard InChI is InChI=1S/C14H14IO3S/c1-11-6-8-14(9-7-11)19(16,17)18-15-13-5-3-4-12(2)10-13/h3-10H,1-2H3/q+1. The molecule has 100 valence electrons. The lowest BCUT2D eigenvalue weighted by Gasteiger charge is -1.97. The van der Waals surface area contributed by atoms with Gasteiger partial charge in [-0.05, 0) is 46.2 Å². The minimum atomic E-state index is -3.64. The molecule has 5 heteroatoms. The van der Waals surface area contributed by atoms with Crippen LogP contribution in [0.4, 0.5) is 0 Å². The Balaban J connectivity index is 2.12. The van der Waals surface area contributed by atoms with Crippen molar-refractivity contribution in [2.45, 2.75) is 18.7 Å². The Hall–Kier alpha value is -0.920. The topological polar surface area (TPSA) is 43.4 Å². The zero-order valence-corrected chi connectivity index (χ0v) is 13.6. The maximum atomic E-state index is 12.0. The molecular formula is C14H14IO3S+. The van der Waals surface area contributed by atoms with E-state index in [1.807, 2.05) is 38.1 Å². The first-order chi connectivity index (χ1) is 8.97. The lowest BCUT2D eigenvalue weighted by Crippen LogP contribution is -3.62. The number of aryl methyl sites for hydroxylation is 2. The summed E-state index contributed by atoms with van der Waals surface area (Å²) in [5.41, 5.74) is 2.13. The van der Waals surface area contributed by atoms with Gasteiger partial charge >= 0.3 is 31.7 Å². The van der Waals surface area contributed by atoms with Crippen LogP contribution in [0.25, 0.3) is 0 Å².